The second kappa shape index (κ2) is 7.81. The second-order valence-corrected chi connectivity index (χ2v) is 8.81. The molecule has 0 aromatic heterocycles. The third kappa shape index (κ3) is 3.97. The Kier molecular flexibility index (Phi) is 5.16. The zero-order valence-electron chi connectivity index (χ0n) is 16.5. The van der Waals surface area contributed by atoms with Gasteiger partial charge in [0.25, 0.3) is 21.8 Å². The van der Waals surface area contributed by atoms with Crippen LogP contribution in [-0.4, -0.2) is 30.9 Å². The molecule has 0 bridgehead atoms. The lowest BCUT2D eigenvalue weighted by molar-refractivity contribution is 0.0642. The Morgan fingerprint density at radius 2 is 1.39 bits per heavy atom. The minimum atomic E-state index is -3.84. The first-order valence-corrected chi connectivity index (χ1v) is 10.9. The van der Waals surface area contributed by atoms with Crippen molar-refractivity contribution in [3.8, 4) is 0 Å². The van der Waals surface area contributed by atoms with Gasteiger partial charge in [-0.05, 0) is 61.0 Å². The topological polar surface area (TPSA) is 101 Å². The summed E-state index contributed by atoms with van der Waals surface area (Å²) in [6, 6.07) is 18.7. The van der Waals surface area contributed by atoms with Crippen LogP contribution in [0.15, 0.2) is 77.7 Å². The van der Waals surface area contributed by atoms with Crippen molar-refractivity contribution in [1.29, 1.82) is 0 Å². The van der Waals surface area contributed by atoms with E-state index in [9.17, 15) is 22.8 Å². The highest BCUT2D eigenvalue weighted by Crippen LogP contribution is 2.25. The molecule has 4 rings (SSSR count). The number of hydrogen-bond acceptors (Lipinski definition) is 5. The quantitative estimate of drug-likeness (QED) is 0.473. The number of imide groups is 1. The maximum Gasteiger partial charge on any atom is 0.261 e. The van der Waals surface area contributed by atoms with Gasteiger partial charge in [0.2, 0.25) is 0 Å². The molecule has 7 nitrogen and oxygen atoms in total. The molecule has 0 fully saturated rings. The van der Waals surface area contributed by atoms with E-state index in [4.69, 9.17) is 0 Å². The Bertz CT molecular complexity index is 1260. The molecule has 1 N–H and O–H groups in total. The summed E-state index contributed by atoms with van der Waals surface area (Å²) in [5.41, 5.74) is 2.18. The van der Waals surface area contributed by atoms with Gasteiger partial charge in [-0.1, -0.05) is 24.3 Å². The van der Waals surface area contributed by atoms with Crippen LogP contribution in [0.2, 0.25) is 0 Å². The molecule has 0 atom stereocenters. The largest absolute Gasteiger partial charge is 0.295 e. The number of fused-ring (bicyclic) bond motifs is 1. The Balaban J connectivity index is 1.48. The SMILES string of the molecule is CC(=O)c1ccc(NS(=O)(=O)c2ccc(CN3C(=O)c4ccccc4C3=O)cc2)cc1. The number of ketones is 1. The summed E-state index contributed by atoms with van der Waals surface area (Å²) < 4.78 is 27.7. The first kappa shape index (κ1) is 20.5. The van der Waals surface area contributed by atoms with Crippen molar-refractivity contribution in [2.75, 3.05) is 4.72 Å². The molecular weight excluding hydrogens is 416 g/mol. The highest BCUT2D eigenvalue weighted by Gasteiger charge is 2.34. The van der Waals surface area contributed by atoms with Gasteiger partial charge in [0.05, 0.1) is 22.6 Å². The minimum Gasteiger partial charge on any atom is -0.295 e. The van der Waals surface area contributed by atoms with Gasteiger partial charge in [0, 0.05) is 11.3 Å². The maximum absolute atomic E-state index is 12.6. The molecule has 31 heavy (non-hydrogen) atoms. The molecule has 1 aliphatic rings. The highest BCUT2D eigenvalue weighted by molar-refractivity contribution is 7.92. The molecule has 0 aliphatic carbocycles. The lowest BCUT2D eigenvalue weighted by Crippen LogP contribution is -2.29. The number of carbonyl (C=O) groups excluding carboxylic acids is 3. The van der Waals surface area contributed by atoms with Crippen molar-refractivity contribution >= 4 is 33.3 Å². The van der Waals surface area contributed by atoms with Crippen LogP contribution in [0, 0.1) is 0 Å². The number of benzene rings is 3. The Hall–Kier alpha value is -3.78. The zero-order chi connectivity index (χ0) is 22.2. The van der Waals surface area contributed by atoms with Crippen LogP contribution in [0.1, 0.15) is 43.6 Å². The number of nitrogens with one attached hydrogen (secondary N) is 1. The second-order valence-electron chi connectivity index (χ2n) is 7.13. The Labute approximate surface area is 179 Å². The molecule has 0 spiro atoms. The van der Waals surface area contributed by atoms with Crippen LogP contribution in [0.4, 0.5) is 5.69 Å². The number of sulfonamides is 1. The van der Waals surface area contributed by atoms with Crippen LogP contribution in [0.3, 0.4) is 0 Å². The van der Waals surface area contributed by atoms with Gasteiger partial charge >= 0.3 is 0 Å². The first-order chi connectivity index (χ1) is 14.8. The van der Waals surface area contributed by atoms with Crippen molar-refractivity contribution in [1.82, 2.24) is 4.90 Å². The fourth-order valence-corrected chi connectivity index (χ4v) is 4.39. The van der Waals surface area contributed by atoms with Crippen molar-refractivity contribution in [3.63, 3.8) is 0 Å². The fraction of sp³-hybridized carbons (Fsp3) is 0.0870. The lowest BCUT2D eigenvalue weighted by atomic mass is 10.1. The summed E-state index contributed by atoms with van der Waals surface area (Å²) in [5, 5.41) is 0. The number of nitrogens with zero attached hydrogens (tertiary/aromatic N) is 1. The zero-order valence-corrected chi connectivity index (χ0v) is 17.3. The van der Waals surface area contributed by atoms with Gasteiger partial charge < -0.3 is 0 Å². The normalized spacial score (nSPS) is 13.3. The Morgan fingerprint density at radius 1 is 0.839 bits per heavy atom. The lowest BCUT2D eigenvalue weighted by Gasteiger charge is -2.14. The van der Waals surface area contributed by atoms with Gasteiger partial charge in [-0.2, -0.15) is 0 Å². The van der Waals surface area contributed by atoms with Crippen molar-refractivity contribution in [2.45, 2.75) is 18.4 Å². The van der Waals surface area contributed by atoms with Gasteiger partial charge in [0.1, 0.15) is 0 Å². The third-order valence-electron chi connectivity index (χ3n) is 5.00. The molecule has 3 aromatic rings. The van der Waals surface area contributed by atoms with Crippen LogP contribution in [0.5, 0.6) is 0 Å². The van der Waals surface area contributed by atoms with E-state index in [1.54, 1.807) is 48.5 Å². The fourth-order valence-electron chi connectivity index (χ4n) is 3.33. The summed E-state index contributed by atoms with van der Waals surface area (Å²) in [6.45, 7) is 1.48. The van der Waals surface area contributed by atoms with Crippen LogP contribution < -0.4 is 4.72 Å². The smallest absolute Gasteiger partial charge is 0.261 e. The van der Waals surface area contributed by atoms with E-state index in [0.717, 1.165) is 4.90 Å². The minimum absolute atomic E-state index is 0.0363. The number of carbonyl (C=O) groups is 3. The van der Waals surface area contributed by atoms with Crippen molar-refractivity contribution in [3.05, 3.63) is 95.1 Å². The maximum atomic E-state index is 12.6. The molecule has 156 valence electrons. The molecule has 0 saturated heterocycles. The summed E-state index contributed by atoms with van der Waals surface area (Å²) in [7, 11) is -3.84. The average molecular weight is 434 g/mol. The van der Waals surface area contributed by atoms with Gasteiger partial charge in [-0.15, -0.1) is 0 Å². The van der Waals surface area contributed by atoms with Crippen molar-refractivity contribution < 1.29 is 22.8 Å². The van der Waals surface area contributed by atoms with Crippen LogP contribution >= 0.6 is 0 Å². The van der Waals surface area contributed by atoms with E-state index < -0.39 is 10.0 Å². The summed E-state index contributed by atoms with van der Waals surface area (Å²) in [5.74, 6) is -0.844. The van der Waals surface area contributed by atoms with E-state index >= 15 is 0 Å². The van der Waals surface area contributed by atoms with Crippen LogP contribution in [-0.2, 0) is 16.6 Å². The molecule has 0 saturated carbocycles. The first-order valence-electron chi connectivity index (χ1n) is 9.44. The molecule has 0 radical (unpaired) electrons. The molecule has 2 amide bonds. The molecule has 1 heterocycles. The standard InChI is InChI=1S/C23H18N2O5S/c1-15(26)17-8-10-18(11-9-17)24-31(29,30)19-12-6-16(7-13-19)14-25-22(27)20-4-2-3-5-21(20)23(25)28/h2-13,24H,14H2,1H3. The van der Waals surface area contributed by atoms with E-state index in [0.29, 0.717) is 27.9 Å². The predicted octanol–water partition coefficient (Wildman–Crippen LogP) is 3.49. The van der Waals surface area contributed by atoms with E-state index in [2.05, 4.69) is 4.72 Å². The van der Waals surface area contributed by atoms with Crippen LogP contribution in [0.25, 0.3) is 0 Å². The number of amides is 2. The van der Waals surface area contributed by atoms with Crippen molar-refractivity contribution in [2.24, 2.45) is 0 Å². The summed E-state index contributed by atoms with van der Waals surface area (Å²) in [4.78, 5) is 37.5. The van der Waals surface area contributed by atoms with Gasteiger partial charge in [0.15, 0.2) is 5.78 Å². The Morgan fingerprint density at radius 3 is 1.90 bits per heavy atom. The van der Waals surface area contributed by atoms with E-state index in [-0.39, 0.29) is 29.0 Å². The number of rotatable bonds is 6. The predicted molar refractivity (Wildman–Crippen MR) is 114 cm³/mol. The van der Waals surface area contributed by atoms with E-state index in [1.165, 1.54) is 31.2 Å². The third-order valence-corrected chi connectivity index (χ3v) is 6.39. The van der Waals surface area contributed by atoms with E-state index in [1.807, 2.05) is 0 Å². The number of hydrogen-bond donors (Lipinski definition) is 1. The highest BCUT2D eigenvalue weighted by atomic mass is 32.2. The monoisotopic (exact) mass is 434 g/mol. The molecule has 8 heteroatoms. The number of Topliss-reactive ketones (excluding diaryl/α,β-unsaturated/α-hetero) is 1. The summed E-state index contributed by atoms with van der Waals surface area (Å²) in [6.07, 6.45) is 0. The van der Waals surface area contributed by atoms with Gasteiger partial charge in [-0.25, -0.2) is 8.42 Å². The average Bonchev–Trinajstić information content (AvgIpc) is 2.99. The summed E-state index contributed by atoms with van der Waals surface area (Å²) >= 11 is 0. The molecule has 0 unspecified atom stereocenters. The molecular formula is C23H18N2O5S. The molecule has 1 aliphatic heterocycles. The number of anilines is 1. The van der Waals surface area contributed by atoms with Gasteiger partial charge in [-0.3, -0.25) is 24.0 Å². The molecule has 3 aromatic carbocycles.